The molecule has 0 aliphatic carbocycles. The summed E-state index contributed by atoms with van der Waals surface area (Å²) in [5.74, 6) is -0.314. The van der Waals surface area contributed by atoms with Crippen LogP contribution in [0, 0.1) is 0 Å². The molecule has 0 saturated carbocycles. The average Bonchev–Trinajstić information content (AvgIpc) is 2.82. The summed E-state index contributed by atoms with van der Waals surface area (Å²) >= 11 is 0. The first-order chi connectivity index (χ1) is 8.61. The van der Waals surface area contributed by atoms with Crippen molar-refractivity contribution in [3.05, 3.63) is 12.2 Å². The Labute approximate surface area is 104 Å². The highest BCUT2D eigenvalue weighted by molar-refractivity contribution is 5.82. The number of aromatic nitrogens is 3. The number of carboxylic acids is 1. The summed E-state index contributed by atoms with van der Waals surface area (Å²) in [6, 6.07) is -1.23. The Morgan fingerprint density at radius 1 is 1.56 bits per heavy atom. The molecular weight excluding hydrogens is 238 g/mol. The van der Waals surface area contributed by atoms with Crippen LogP contribution in [-0.2, 0) is 17.9 Å². The van der Waals surface area contributed by atoms with E-state index in [9.17, 15) is 9.59 Å². The highest BCUT2D eigenvalue weighted by Gasteiger charge is 2.25. The lowest BCUT2D eigenvalue weighted by molar-refractivity contribution is -0.139. The fraction of sp³-hybridized carbons (Fsp3) is 0.600. The number of nitrogens with one attached hydrogen (secondary N) is 1. The molecule has 0 fully saturated rings. The third-order valence-corrected chi connectivity index (χ3v) is 2.93. The number of carbonyl (C=O) groups is 2. The topological polar surface area (TPSA) is 100 Å². The molecule has 0 bridgehead atoms. The molecule has 2 rings (SSSR count). The van der Waals surface area contributed by atoms with Crippen molar-refractivity contribution in [1.29, 1.82) is 0 Å². The van der Waals surface area contributed by atoms with Gasteiger partial charge in [0, 0.05) is 13.1 Å². The van der Waals surface area contributed by atoms with E-state index >= 15 is 0 Å². The van der Waals surface area contributed by atoms with E-state index in [1.807, 2.05) is 4.57 Å². The number of amides is 2. The second kappa shape index (κ2) is 5.03. The largest absolute Gasteiger partial charge is 0.480 e. The maximum atomic E-state index is 11.9. The maximum absolute atomic E-state index is 11.9. The Morgan fingerprint density at radius 3 is 3.00 bits per heavy atom. The second-order valence-corrected chi connectivity index (χ2v) is 4.11. The predicted molar refractivity (Wildman–Crippen MR) is 60.7 cm³/mol. The van der Waals surface area contributed by atoms with Crippen LogP contribution in [0.3, 0.4) is 0 Å². The lowest BCUT2D eigenvalue weighted by Crippen LogP contribution is -2.49. The molecule has 98 valence electrons. The van der Waals surface area contributed by atoms with Crippen LogP contribution in [0.4, 0.5) is 4.79 Å². The number of aliphatic carboxylic acids is 1. The van der Waals surface area contributed by atoms with Crippen molar-refractivity contribution in [1.82, 2.24) is 25.0 Å². The molecule has 1 atom stereocenters. The number of hydrogen-bond acceptors (Lipinski definition) is 4. The van der Waals surface area contributed by atoms with Gasteiger partial charge in [-0.25, -0.2) is 9.59 Å². The van der Waals surface area contributed by atoms with E-state index in [1.165, 1.54) is 4.90 Å². The van der Waals surface area contributed by atoms with Crippen molar-refractivity contribution in [2.45, 2.75) is 32.5 Å². The summed E-state index contributed by atoms with van der Waals surface area (Å²) in [5.41, 5.74) is 0. The number of urea groups is 1. The maximum Gasteiger partial charge on any atom is 0.326 e. The van der Waals surface area contributed by atoms with Gasteiger partial charge in [-0.1, -0.05) is 6.92 Å². The van der Waals surface area contributed by atoms with Gasteiger partial charge in [0.15, 0.2) is 5.82 Å². The molecule has 1 aromatic rings. The first-order valence-corrected chi connectivity index (χ1v) is 5.76. The summed E-state index contributed by atoms with van der Waals surface area (Å²) in [5, 5.41) is 19.0. The van der Waals surface area contributed by atoms with E-state index in [1.54, 1.807) is 13.3 Å². The van der Waals surface area contributed by atoms with Gasteiger partial charge in [0.1, 0.15) is 12.4 Å². The van der Waals surface area contributed by atoms with E-state index in [0.29, 0.717) is 31.9 Å². The van der Waals surface area contributed by atoms with Crippen molar-refractivity contribution >= 4 is 12.0 Å². The number of carboxylic acid groups (broad SMARTS) is 1. The molecule has 1 unspecified atom stereocenters. The predicted octanol–water partition coefficient (Wildman–Crippen LogP) is -0.334. The number of hydrogen-bond donors (Lipinski definition) is 2. The minimum Gasteiger partial charge on any atom is -0.480 e. The van der Waals surface area contributed by atoms with Crippen molar-refractivity contribution in [2.75, 3.05) is 6.54 Å². The molecule has 18 heavy (non-hydrogen) atoms. The van der Waals surface area contributed by atoms with Gasteiger partial charge in [0.2, 0.25) is 0 Å². The molecule has 0 saturated heterocycles. The second-order valence-electron chi connectivity index (χ2n) is 4.11. The SMILES string of the molecule is CCC(NC(=O)N1CCn2cnnc2C1)C(=O)O. The number of fused-ring (bicyclic) bond motifs is 1. The van der Waals surface area contributed by atoms with E-state index in [4.69, 9.17) is 5.11 Å². The van der Waals surface area contributed by atoms with Gasteiger partial charge < -0.3 is 19.9 Å². The fourth-order valence-electron chi connectivity index (χ4n) is 1.82. The normalized spacial score (nSPS) is 15.9. The molecule has 2 heterocycles. The Morgan fingerprint density at radius 2 is 2.33 bits per heavy atom. The molecule has 0 aromatic carbocycles. The molecule has 8 heteroatoms. The summed E-state index contributed by atoms with van der Waals surface area (Å²) < 4.78 is 1.87. The molecule has 1 aliphatic heterocycles. The third kappa shape index (κ3) is 2.41. The smallest absolute Gasteiger partial charge is 0.326 e. The van der Waals surface area contributed by atoms with Gasteiger partial charge in [0.25, 0.3) is 0 Å². The minimum absolute atomic E-state index is 0.349. The van der Waals surface area contributed by atoms with Gasteiger partial charge in [-0.15, -0.1) is 10.2 Å². The van der Waals surface area contributed by atoms with E-state index in [0.717, 1.165) is 0 Å². The van der Waals surface area contributed by atoms with Gasteiger partial charge in [-0.3, -0.25) is 0 Å². The van der Waals surface area contributed by atoms with E-state index < -0.39 is 12.0 Å². The van der Waals surface area contributed by atoms with Gasteiger partial charge >= 0.3 is 12.0 Å². The Hall–Kier alpha value is -2.12. The van der Waals surface area contributed by atoms with Crippen molar-refractivity contribution in [2.24, 2.45) is 0 Å². The van der Waals surface area contributed by atoms with E-state index in [-0.39, 0.29) is 6.03 Å². The molecular formula is C10H15N5O3. The zero-order chi connectivity index (χ0) is 13.1. The van der Waals surface area contributed by atoms with E-state index in [2.05, 4.69) is 15.5 Å². The molecule has 2 amide bonds. The van der Waals surface area contributed by atoms with Crippen molar-refractivity contribution in [3.63, 3.8) is 0 Å². The zero-order valence-corrected chi connectivity index (χ0v) is 10.0. The van der Waals surface area contributed by atoms with Crippen LogP contribution in [0.2, 0.25) is 0 Å². The van der Waals surface area contributed by atoms with Crippen LogP contribution in [0.25, 0.3) is 0 Å². The fourth-order valence-corrected chi connectivity index (χ4v) is 1.82. The number of carbonyl (C=O) groups excluding carboxylic acids is 1. The Kier molecular flexibility index (Phi) is 3.45. The van der Waals surface area contributed by atoms with Crippen LogP contribution in [-0.4, -0.2) is 49.4 Å². The molecule has 1 aromatic heterocycles. The highest BCUT2D eigenvalue weighted by Crippen LogP contribution is 2.09. The van der Waals surface area contributed by atoms with Crippen LogP contribution in [0.15, 0.2) is 6.33 Å². The highest BCUT2D eigenvalue weighted by atomic mass is 16.4. The number of nitrogens with zero attached hydrogens (tertiary/aromatic N) is 4. The van der Waals surface area contributed by atoms with Crippen molar-refractivity contribution in [3.8, 4) is 0 Å². The molecule has 0 spiro atoms. The molecule has 2 N–H and O–H groups in total. The monoisotopic (exact) mass is 253 g/mol. The number of rotatable bonds is 3. The quantitative estimate of drug-likeness (QED) is 0.768. The van der Waals surface area contributed by atoms with Gasteiger partial charge in [-0.05, 0) is 6.42 Å². The van der Waals surface area contributed by atoms with Crippen LogP contribution in [0.1, 0.15) is 19.2 Å². The lowest BCUT2D eigenvalue weighted by Gasteiger charge is -2.28. The Balaban J connectivity index is 1.97. The average molecular weight is 253 g/mol. The Bertz CT molecular complexity index is 458. The lowest BCUT2D eigenvalue weighted by atomic mass is 10.2. The van der Waals surface area contributed by atoms with Crippen LogP contribution in [0.5, 0.6) is 0 Å². The first kappa shape index (κ1) is 12.3. The van der Waals surface area contributed by atoms with Crippen LogP contribution >= 0.6 is 0 Å². The summed E-state index contributed by atoms with van der Waals surface area (Å²) in [6.07, 6.45) is 1.97. The van der Waals surface area contributed by atoms with Crippen molar-refractivity contribution < 1.29 is 14.7 Å². The molecule has 8 nitrogen and oxygen atoms in total. The molecule has 1 aliphatic rings. The summed E-state index contributed by atoms with van der Waals surface area (Å²) in [4.78, 5) is 24.3. The van der Waals surface area contributed by atoms with Gasteiger partial charge in [-0.2, -0.15) is 0 Å². The van der Waals surface area contributed by atoms with Crippen LogP contribution < -0.4 is 5.32 Å². The summed E-state index contributed by atoms with van der Waals surface area (Å²) in [6.45, 7) is 3.21. The van der Waals surface area contributed by atoms with Gasteiger partial charge in [0.05, 0.1) is 6.54 Å². The summed E-state index contributed by atoms with van der Waals surface area (Å²) in [7, 11) is 0. The minimum atomic E-state index is -1.02. The third-order valence-electron chi connectivity index (χ3n) is 2.93. The standard InChI is InChI=1S/C10H15N5O3/c1-2-7(9(16)17)12-10(18)14-3-4-15-6-11-13-8(15)5-14/h6-7H,2-5H2,1H3,(H,12,18)(H,16,17). The first-order valence-electron chi connectivity index (χ1n) is 5.76. The molecule has 0 radical (unpaired) electrons. The zero-order valence-electron chi connectivity index (χ0n) is 10.0.